The first-order chi connectivity index (χ1) is 13.1. The number of hydrogen-bond acceptors (Lipinski definition) is 4. The number of aromatic amines is 1. The number of H-pyrrole nitrogens is 1. The Labute approximate surface area is 166 Å². The van der Waals surface area contributed by atoms with Crippen molar-refractivity contribution in [3.63, 3.8) is 0 Å². The Kier molecular flexibility index (Phi) is 6.11. The topological polar surface area (TPSA) is 79.9 Å². The lowest BCUT2D eigenvalue weighted by molar-refractivity contribution is -0.116. The summed E-state index contributed by atoms with van der Waals surface area (Å²) in [7, 11) is 1.61. The summed E-state index contributed by atoms with van der Waals surface area (Å²) < 4.78 is 5.13. The van der Waals surface area contributed by atoms with Gasteiger partial charge in [-0.05, 0) is 42.0 Å². The zero-order chi connectivity index (χ0) is 19.2. The maximum Gasteiger partial charge on any atom is 0.244 e. The first-order valence-corrected chi connectivity index (χ1v) is 8.78. The lowest BCUT2D eigenvalue weighted by Gasteiger charge is -2.01. The molecule has 0 saturated carbocycles. The molecule has 3 rings (SSSR count). The average molecular weight is 403 g/mol. The fraction of sp³-hybridized carbons (Fsp3) is 0.105. The summed E-state index contributed by atoms with van der Waals surface area (Å²) in [6.07, 6.45) is 2.99. The molecule has 0 aliphatic carbocycles. The number of nitrogens with zero attached hydrogens (tertiary/aromatic N) is 2. The summed E-state index contributed by atoms with van der Waals surface area (Å²) in [6, 6.07) is 12.6. The van der Waals surface area contributed by atoms with Gasteiger partial charge in [-0.3, -0.25) is 9.89 Å². The number of ether oxygens (including phenoxy) is 1. The number of rotatable bonds is 6. The summed E-state index contributed by atoms with van der Waals surface area (Å²) >= 11 is 12.0. The fourth-order valence-corrected chi connectivity index (χ4v) is 2.66. The van der Waals surface area contributed by atoms with Crippen LogP contribution in [0.1, 0.15) is 11.4 Å². The number of nitrogens with one attached hydrogen (secondary N) is 2. The molecule has 0 bridgehead atoms. The molecule has 2 N–H and O–H groups in total. The van der Waals surface area contributed by atoms with Crippen LogP contribution >= 0.6 is 23.2 Å². The Morgan fingerprint density at radius 2 is 2.00 bits per heavy atom. The van der Waals surface area contributed by atoms with Crippen molar-refractivity contribution >= 4 is 35.2 Å². The van der Waals surface area contributed by atoms with E-state index in [1.807, 2.05) is 24.3 Å². The van der Waals surface area contributed by atoms with Gasteiger partial charge >= 0.3 is 0 Å². The van der Waals surface area contributed by atoms with Crippen molar-refractivity contribution in [1.29, 1.82) is 0 Å². The van der Waals surface area contributed by atoms with Crippen LogP contribution < -0.4 is 10.1 Å². The van der Waals surface area contributed by atoms with Crippen molar-refractivity contribution in [2.24, 2.45) is 0 Å². The van der Waals surface area contributed by atoms with E-state index in [0.29, 0.717) is 27.3 Å². The average Bonchev–Trinajstić information content (AvgIpc) is 3.16. The molecule has 8 heteroatoms. The Bertz CT molecular complexity index is 968. The van der Waals surface area contributed by atoms with Gasteiger partial charge in [-0.15, -0.1) is 0 Å². The van der Waals surface area contributed by atoms with E-state index in [1.54, 1.807) is 31.4 Å². The molecule has 0 fully saturated rings. The van der Waals surface area contributed by atoms with E-state index in [-0.39, 0.29) is 12.5 Å². The molecule has 0 aliphatic heterocycles. The molecule has 0 radical (unpaired) electrons. The van der Waals surface area contributed by atoms with Crippen LogP contribution in [-0.4, -0.2) is 28.2 Å². The van der Waals surface area contributed by atoms with Crippen molar-refractivity contribution in [2.75, 3.05) is 7.11 Å². The number of carbonyl (C=O) groups excluding carboxylic acids is 1. The van der Waals surface area contributed by atoms with E-state index in [9.17, 15) is 4.79 Å². The molecular weight excluding hydrogens is 387 g/mol. The second-order valence-electron chi connectivity index (χ2n) is 5.53. The maximum atomic E-state index is 12.0. The van der Waals surface area contributed by atoms with Gasteiger partial charge in [0, 0.05) is 11.6 Å². The third-order valence-corrected chi connectivity index (χ3v) is 4.54. The van der Waals surface area contributed by atoms with Crippen LogP contribution in [0.2, 0.25) is 10.0 Å². The molecule has 1 aromatic heterocycles. The van der Waals surface area contributed by atoms with Gasteiger partial charge in [0.15, 0.2) is 5.82 Å². The quantitative estimate of drug-likeness (QED) is 0.607. The number of halogens is 2. The van der Waals surface area contributed by atoms with Crippen LogP contribution in [0.15, 0.2) is 48.5 Å². The predicted octanol–water partition coefficient (Wildman–Crippen LogP) is 4.12. The van der Waals surface area contributed by atoms with Crippen molar-refractivity contribution in [1.82, 2.24) is 20.5 Å². The van der Waals surface area contributed by atoms with E-state index in [2.05, 4.69) is 20.5 Å². The molecule has 1 heterocycles. The van der Waals surface area contributed by atoms with Gasteiger partial charge in [-0.2, -0.15) is 5.10 Å². The number of carbonyl (C=O) groups is 1. The second kappa shape index (κ2) is 8.70. The van der Waals surface area contributed by atoms with E-state index in [4.69, 9.17) is 27.9 Å². The monoisotopic (exact) mass is 402 g/mol. The molecule has 0 atom stereocenters. The summed E-state index contributed by atoms with van der Waals surface area (Å²) in [4.78, 5) is 16.4. The summed E-state index contributed by atoms with van der Waals surface area (Å²) in [5.41, 5.74) is 1.51. The number of amides is 1. The molecule has 0 saturated heterocycles. The highest BCUT2D eigenvalue weighted by molar-refractivity contribution is 6.42. The molecule has 6 nitrogen and oxygen atoms in total. The summed E-state index contributed by atoms with van der Waals surface area (Å²) in [5.74, 6) is 1.56. The highest BCUT2D eigenvalue weighted by atomic mass is 35.5. The molecule has 0 aliphatic rings. The minimum Gasteiger partial charge on any atom is -0.497 e. The largest absolute Gasteiger partial charge is 0.497 e. The maximum absolute atomic E-state index is 12.0. The molecular formula is C19H16Cl2N4O2. The number of methoxy groups -OCH3 is 1. The standard InChI is InChI=1S/C19H16Cl2N4O2/c1-27-14-8-5-13(6-9-14)19-23-16(24-25-19)11-22-17(26)10-7-12-3-2-4-15(20)18(12)21/h2-10H,11H2,1H3,(H,22,26)(H,23,24,25)/b10-7+. The number of hydrogen-bond donors (Lipinski definition) is 2. The summed E-state index contributed by atoms with van der Waals surface area (Å²) in [5, 5.41) is 10.5. The first kappa shape index (κ1) is 18.9. The third-order valence-electron chi connectivity index (χ3n) is 3.71. The van der Waals surface area contributed by atoms with E-state index in [1.165, 1.54) is 6.08 Å². The smallest absolute Gasteiger partial charge is 0.244 e. The molecule has 0 spiro atoms. The van der Waals surface area contributed by atoms with E-state index >= 15 is 0 Å². The van der Waals surface area contributed by atoms with Gasteiger partial charge in [-0.1, -0.05) is 35.3 Å². The molecule has 0 unspecified atom stereocenters. The minimum absolute atomic E-state index is 0.218. The zero-order valence-electron chi connectivity index (χ0n) is 14.4. The Balaban J connectivity index is 1.58. The fourth-order valence-electron chi connectivity index (χ4n) is 2.29. The van der Waals surface area contributed by atoms with Gasteiger partial charge in [0.2, 0.25) is 5.91 Å². The van der Waals surface area contributed by atoms with Crippen LogP contribution in [0, 0.1) is 0 Å². The van der Waals surface area contributed by atoms with Crippen LogP contribution in [-0.2, 0) is 11.3 Å². The van der Waals surface area contributed by atoms with E-state index in [0.717, 1.165) is 11.3 Å². The minimum atomic E-state index is -0.284. The lowest BCUT2D eigenvalue weighted by Crippen LogP contribution is -2.20. The van der Waals surface area contributed by atoms with Crippen LogP contribution in [0.4, 0.5) is 0 Å². The van der Waals surface area contributed by atoms with Gasteiger partial charge < -0.3 is 10.1 Å². The molecule has 138 valence electrons. The Morgan fingerprint density at radius 1 is 1.22 bits per heavy atom. The molecule has 27 heavy (non-hydrogen) atoms. The van der Waals surface area contributed by atoms with E-state index < -0.39 is 0 Å². The molecule has 1 amide bonds. The van der Waals surface area contributed by atoms with Crippen LogP contribution in [0.25, 0.3) is 17.5 Å². The van der Waals surface area contributed by atoms with Gasteiger partial charge in [0.25, 0.3) is 0 Å². The van der Waals surface area contributed by atoms with Gasteiger partial charge in [-0.25, -0.2) is 4.98 Å². The van der Waals surface area contributed by atoms with Crippen molar-refractivity contribution < 1.29 is 9.53 Å². The van der Waals surface area contributed by atoms with Gasteiger partial charge in [0.05, 0.1) is 23.7 Å². The van der Waals surface area contributed by atoms with Crippen molar-refractivity contribution in [3.8, 4) is 17.1 Å². The normalized spacial score (nSPS) is 10.9. The molecule has 2 aromatic carbocycles. The summed E-state index contributed by atoms with van der Waals surface area (Å²) in [6.45, 7) is 0.218. The Morgan fingerprint density at radius 3 is 2.74 bits per heavy atom. The SMILES string of the molecule is COc1ccc(-c2n[nH]c(CNC(=O)/C=C/c3cccc(Cl)c3Cl)n2)cc1. The second-order valence-corrected chi connectivity index (χ2v) is 6.31. The molecule has 3 aromatic rings. The highest BCUT2D eigenvalue weighted by Gasteiger charge is 2.07. The predicted molar refractivity (Wildman–Crippen MR) is 106 cm³/mol. The third kappa shape index (κ3) is 4.87. The zero-order valence-corrected chi connectivity index (χ0v) is 15.9. The highest BCUT2D eigenvalue weighted by Crippen LogP contribution is 2.26. The van der Waals surface area contributed by atoms with Crippen molar-refractivity contribution in [3.05, 3.63) is 70.0 Å². The van der Waals surface area contributed by atoms with Crippen molar-refractivity contribution in [2.45, 2.75) is 6.54 Å². The number of benzene rings is 2. The lowest BCUT2D eigenvalue weighted by atomic mass is 10.2. The first-order valence-electron chi connectivity index (χ1n) is 8.02. The Hall–Kier alpha value is -2.83. The van der Waals surface area contributed by atoms with Gasteiger partial charge in [0.1, 0.15) is 11.6 Å². The van der Waals surface area contributed by atoms with Crippen LogP contribution in [0.5, 0.6) is 5.75 Å². The number of aromatic nitrogens is 3. The van der Waals surface area contributed by atoms with Crippen LogP contribution in [0.3, 0.4) is 0 Å².